The fourth-order valence-electron chi connectivity index (χ4n) is 2.40. The van der Waals surface area contributed by atoms with Gasteiger partial charge in [0.2, 0.25) is 11.8 Å². The summed E-state index contributed by atoms with van der Waals surface area (Å²) >= 11 is 1.55. The summed E-state index contributed by atoms with van der Waals surface area (Å²) in [6.07, 6.45) is 0.480. The van der Waals surface area contributed by atoms with Gasteiger partial charge in [0.1, 0.15) is 0 Å². The van der Waals surface area contributed by atoms with Gasteiger partial charge in [0.05, 0.1) is 10.8 Å². The van der Waals surface area contributed by atoms with E-state index in [1.807, 2.05) is 6.92 Å². The molecule has 22 heavy (non-hydrogen) atoms. The molecule has 0 aromatic heterocycles. The highest BCUT2D eigenvalue weighted by Crippen LogP contribution is 2.41. The van der Waals surface area contributed by atoms with Crippen molar-refractivity contribution in [2.24, 2.45) is 10.8 Å². The molecule has 1 saturated heterocycles. The molecule has 6 nitrogen and oxygen atoms in total. The summed E-state index contributed by atoms with van der Waals surface area (Å²) < 4.78 is 4.81. The van der Waals surface area contributed by atoms with Crippen molar-refractivity contribution in [2.45, 2.75) is 41.0 Å². The van der Waals surface area contributed by atoms with E-state index in [9.17, 15) is 14.4 Å². The molecule has 1 rings (SSSR count). The van der Waals surface area contributed by atoms with Crippen LogP contribution in [0.4, 0.5) is 0 Å². The molecule has 1 aliphatic heterocycles. The average Bonchev–Trinajstić information content (AvgIpc) is 2.52. The van der Waals surface area contributed by atoms with Crippen molar-refractivity contribution >= 4 is 40.8 Å². The maximum atomic E-state index is 12.8. The molecule has 0 spiro atoms. The standard InChI is InChI=1S/C15H25IN2O4/c1-6-11(19)17-7-9-18(10-8-17)12(20)14(2,3)15(4,5)13(21)22-16/h6-10H2,1-5H3. The number of carbonyl (C=O) groups is 3. The number of hydrogen-bond donors (Lipinski definition) is 0. The fraction of sp³-hybridized carbons (Fsp3) is 0.800. The molecule has 7 heteroatoms. The summed E-state index contributed by atoms with van der Waals surface area (Å²) in [4.78, 5) is 40.0. The van der Waals surface area contributed by atoms with E-state index in [1.165, 1.54) is 0 Å². The topological polar surface area (TPSA) is 66.9 Å². The molecule has 0 bridgehead atoms. The van der Waals surface area contributed by atoms with Crippen LogP contribution in [-0.4, -0.2) is 53.8 Å². The van der Waals surface area contributed by atoms with Gasteiger partial charge in [-0.15, -0.1) is 0 Å². The van der Waals surface area contributed by atoms with E-state index in [-0.39, 0.29) is 11.8 Å². The lowest BCUT2D eigenvalue weighted by Gasteiger charge is -2.43. The molecule has 0 aromatic carbocycles. The Morgan fingerprint density at radius 3 is 1.82 bits per heavy atom. The zero-order valence-electron chi connectivity index (χ0n) is 13.9. The minimum atomic E-state index is -0.929. The molecule has 1 aliphatic rings. The Hall–Kier alpha value is -0.860. The largest absolute Gasteiger partial charge is 0.394 e. The molecule has 0 unspecified atom stereocenters. The second kappa shape index (κ2) is 7.14. The molecule has 0 saturated carbocycles. The fourth-order valence-corrected chi connectivity index (χ4v) is 2.95. The molecule has 0 N–H and O–H groups in total. The lowest BCUT2D eigenvalue weighted by molar-refractivity contribution is -0.161. The number of rotatable bonds is 4. The Morgan fingerprint density at radius 2 is 1.41 bits per heavy atom. The SMILES string of the molecule is CCC(=O)N1CCN(C(=O)C(C)(C)C(C)(C)C(=O)OI)CC1. The van der Waals surface area contributed by atoms with E-state index in [1.54, 1.807) is 60.5 Å². The molecule has 126 valence electrons. The predicted octanol–water partition coefficient (Wildman–Crippen LogP) is 2.01. The lowest BCUT2D eigenvalue weighted by Crippen LogP contribution is -2.57. The van der Waals surface area contributed by atoms with E-state index in [4.69, 9.17) is 3.07 Å². The Labute approximate surface area is 146 Å². The van der Waals surface area contributed by atoms with E-state index in [0.29, 0.717) is 32.6 Å². The summed E-state index contributed by atoms with van der Waals surface area (Å²) in [5.74, 6) is -0.380. The first-order valence-corrected chi connectivity index (χ1v) is 8.37. The minimum Gasteiger partial charge on any atom is -0.394 e. The van der Waals surface area contributed by atoms with Crippen LogP contribution in [0.15, 0.2) is 0 Å². The third kappa shape index (κ3) is 3.55. The van der Waals surface area contributed by atoms with Gasteiger partial charge in [-0.05, 0) is 27.7 Å². The molecular formula is C15H25IN2O4. The highest BCUT2D eigenvalue weighted by Gasteiger charge is 2.51. The highest BCUT2D eigenvalue weighted by atomic mass is 127. The lowest BCUT2D eigenvalue weighted by atomic mass is 9.67. The summed E-state index contributed by atoms with van der Waals surface area (Å²) in [5, 5.41) is 0. The number of carbonyl (C=O) groups excluding carboxylic acids is 3. The average molecular weight is 424 g/mol. The Kier molecular flexibility index (Phi) is 6.23. The molecule has 0 atom stereocenters. The maximum absolute atomic E-state index is 12.8. The normalized spacial score (nSPS) is 16.5. The number of halogens is 1. The van der Waals surface area contributed by atoms with Gasteiger partial charge in [-0.2, -0.15) is 0 Å². The van der Waals surface area contributed by atoms with Crippen LogP contribution in [0.1, 0.15) is 41.0 Å². The van der Waals surface area contributed by atoms with Gasteiger partial charge < -0.3 is 12.9 Å². The van der Waals surface area contributed by atoms with E-state index >= 15 is 0 Å². The van der Waals surface area contributed by atoms with Crippen molar-refractivity contribution in [3.63, 3.8) is 0 Å². The first kappa shape index (κ1) is 19.2. The Morgan fingerprint density at radius 1 is 0.955 bits per heavy atom. The number of hydrogen-bond acceptors (Lipinski definition) is 4. The van der Waals surface area contributed by atoms with Crippen LogP contribution in [0.3, 0.4) is 0 Å². The summed E-state index contributed by atoms with van der Waals surface area (Å²) in [6, 6.07) is 0. The quantitative estimate of drug-likeness (QED) is 0.648. The molecule has 1 fully saturated rings. The van der Waals surface area contributed by atoms with E-state index in [2.05, 4.69) is 0 Å². The molecule has 0 aliphatic carbocycles. The van der Waals surface area contributed by atoms with Gasteiger partial charge in [0, 0.05) is 32.6 Å². The third-order valence-corrected chi connectivity index (χ3v) is 5.30. The highest BCUT2D eigenvalue weighted by molar-refractivity contribution is 14.1. The van der Waals surface area contributed by atoms with Crippen molar-refractivity contribution in [2.75, 3.05) is 26.2 Å². The zero-order chi connectivity index (χ0) is 17.1. The van der Waals surface area contributed by atoms with Crippen LogP contribution in [0, 0.1) is 10.8 Å². The summed E-state index contributed by atoms with van der Waals surface area (Å²) in [6.45, 7) is 10.9. The smallest absolute Gasteiger partial charge is 0.321 e. The Bertz CT molecular complexity index is 454. The molecule has 0 aromatic rings. The van der Waals surface area contributed by atoms with E-state index < -0.39 is 16.8 Å². The van der Waals surface area contributed by atoms with Crippen LogP contribution >= 0.6 is 23.0 Å². The monoisotopic (exact) mass is 424 g/mol. The summed E-state index contributed by atoms with van der Waals surface area (Å²) in [7, 11) is 0. The number of piperazine rings is 1. The van der Waals surface area contributed by atoms with Gasteiger partial charge in [0.15, 0.2) is 23.0 Å². The van der Waals surface area contributed by atoms with Crippen LogP contribution in [0.2, 0.25) is 0 Å². The van der Waals surface area contributed by atoms with Crippen LogP contribution in [0.5, 0.6) is 0 Å². The van der Waals surface area contributed by atoms with Crippen LogP contribution in [0.25, 0.3) is 0 Å². The van der Waals surface area contributed by atoms with Gasteiger partial charge in [-0.25, -0.2) is 0 Å². The van der Waals surface area contributed by atoms with Crippen molar-refractivity contribution in [3.8, 4) is 0 Å². The third-order valence-electron chi connectivity index (χ3n) is 4.90. The summed E-state index contributed by atoms with van der Waals surface area (Å²) in [5.41, 5.74) is -1.81. The molecule has 1 heterocycles. The zero-order valence-corrected chi connectivity index (χ0v) is 16.1. The Balaban J connectivity index is 2.80. The molecule has 0 radical (unpaired) electrons. The van der Waals surface area contributed by atoms with Crippen molar-refractivity contribution < 1.29 is 17.4 Å². The van der Waals surface area contributed by atoms with Crippen molar-refractivity contribution in [1.82, 2.24) is 9.80 Å². The van der Waals surface area contributed by atoms with Gasteiger partial charge in [0.25, 0.3) is 0 Å². The predicted molar refractivity (Wildman–Crippen MR) is 91.1 cm³/mol. The van der Waals surface area contributed by atoms with Crippen molar-refractivity contribution in [1.29, 1.82) is 0 Å². The maximum Gasteiger partial charge on any atom is 0.321 e. The first-order chi connectivity index (χ1) is 10.1. The van der Waals surface area contributed by atoms with Crippen molar-refractivity contribution in [3.05, 3.63) is 0 Å². The first-order valence-electron chi connectivity index (χ1n) is 7.49. The second-order valence-electron chi connectivity index (χ2n) is 6.64. The minimum absolute atomic E-state index is 0.0807. The van der Waals surface area contributed by atoms with Crippen LogP contribution < -0.4 is 0 Å². The van der Waals surface area contributed by atoms with Gasteiger partial charge in [-0.1, -0.05) is 6.92 Å². The van der Waals surface area contributed by atoms with Crippen LogP contribution in [-0.2, 0) is 17.4 Å². The van der Waals surface area contributed by atoms with Gasteiger partial charge >= 0.3 is 5.97 Å². The second-order valence-corrected chi connectivity index (χ2v) is 7.08. The van der Waals surface area contributed by atoms with Gasteiger partial charge in [-0.3, -0.25) is 14.4 Å². The van der Waals surface area contributed by atoms with E-state index in [0.717, 1.165) is 0 Å². The number of amides is 2. The molecule has 2 amide bonds. The molecular weight excluding hydrogens is 399 g/mol. The number of nitrogens with zero attached hydrogens (tertiary/aromatic N) is 2.